The average Bonchev–Trinajstić information content (AvgIpc) is 2.73. The van der Waals surface area contributed by atoms with Gasteiger partial charge in [-0.1, -0.05) is 28.1 Å². The second-order valence-corrected chi connectivity index (χ2v) is 7.42. The molecule has 0 aliphatic rings. The zero-order chi connectivity index (χ0) is 20.4. The number of halogens is 1. The third kappa shape index (κ3) is 4.14. The summed E-state index contributed by atoms with van der Waals surface area (Å²) in [5.74, 6) is 0.757. The van der Waals surface area contributed by atoms with E-state index in [1.165, 1.54) is 10.9 Å². The van der Waals surface area contributed by atoms with Crippen LogP contribution >= 0.6 is 15.9 Å². The first-order valence-electron chi connectivity index (χ1n) is 8.97. The van der Waals surface area contributed by atoms with E-state index in [-0.39, 0.29) is 18.5 Å². The Kier molecular flexibility index (Phi) is 5.31. The molecule has 1 aromatic heterocycles. The summed E-state index contributed by atoms with van der Waals surface area (Å²) in [5.41, 5.74) is 0.422. The first kappa shape index (κ1) is 19.1. The van der Waals surface area contributed by atoms with Crippen LogP contribution in [0, 0.1) is 0 Å². The van der Waals surface area contributed by atoms with E-state index in [0.29, 0.717) is 16.7 Å². The minimum atomic E-state index is -0.423. The van der Waals surface area contributed by atoms with Crippen LogP contribution in [0.4, 0.5) is 0 Å². The number of esters is 1. The molecule has 0 aliphatic carbocycles. The van der Waals surface area contributed by atoms with Crippen LogP contribution in [0.5, 0.6) is 11.5 Å². The van der Waals surface area contributed by atoms with E-state index in [9.17, 15) is 9.59 Å². The number of aryl methyl sites for hydroxylation is 1. The Morgan fingerprint density at radius 2 is 1.79 bits per heavy atom. The summed E-state index contributed by atoms with van der Waals surface area (Å²) in [6, 6.07) is 16.4. The molecule has 0 spiro atoms. The van der Waals surface area contributed by atoms with Crippen molar-refractivity contribution in [2.45, 2.75) is 13.0 Å². The summed E-state index contributed by atoms with van der Waals surface area (Å²) in [7, 11) is 1.60. The van der Waals surface area contributed by atoms with Gasteiger partial charge in [0.2, 0.25) is 0 Å². The van der Waals surface area contributed by atoms with Crippen LogP contribution in [-0.4, -0.2) is 22.6 Å². The normalized spacial score (nSPS) is 11.0. The van der Waals surface area contributed by atoms with Gasteiger partial charge in [-0.25, -0.2) is 4.98 Å². The van der Waals surface area contributed by atoms with E-state index in [1.54, 1.807) is 31.4 Å². The minimum absolute atomic E-state index is 0.0528. The number of carbonyl (C=O) groups excluding carboxylic acids is 1. The maximum Gasteiger partial charge on any atom is 0.312 e. The Bertz CT molecular complexity index is 1280. The van der Waals surface area contributed by atoms with Crippen LogP contribution < -0.4 is 15.0 Å². The average molecular weight is 453 g/mol. The zero-order valence-electron chi connectivity index (χ0n) is 15.6. The van der Waals surface area contributed by atoms with Crippen molar-refractivity contribution in [2.24, 2.45) is 0 Å². The Hall–Kier alpha value is -3.19. The molecule has 0 unspecified atom stereocenters. The van der Waals surface area contributed by atoms with Crippen molar-refractivity contribution in [1.82, 2.24) is 9.55 Å². The van der Waals surface area contributed by atoms with E-state index in [0.717, 1.165) is 21.0 Å². The Morgan fingerprint density at radius 1 is 1.03 bits per heavy atom. The molecule has 0 atom stereocenters. The molecule has 146 valence electrons. The van der Waals surface area contributed by atoms with Crippen LogP contribution in [0.3, 0.4) is 0 Å². The number of fused-ring (bicyclic) bond motifs is 2. The molecule has 4 aromatic rings. The second-order valence-electron chi connectivity index (χ2n) is 6.50. The monoisotopic (exact) mass is 452 g/mol. The predicted molar refractivity (Wildman–Crippen MR) is 114 cm³/mol. The molecule has 0 fully saturated rings. The quantitative estimate of drug-likeness (QED) is 0.333. The fourth-order valence-corrected chi connectivity index (χ4v) is 3.44. The van der Waals surface area contributed by atoms with Crippen molar-refractivity contribution < 1.29 is 14.3 Å². The highest BCUT2D eigenvalue weighted by Crippen LogP contribution is 2.25. The zero-order valence-corrected chi connectivity index (χ0v) is 17.2. The molecular weight excluding hydrogens is 436 g/mol. The SMILES string of the molecule is COc1ccc2ccc(OC(=O)CCn3cnc4ccc(Br)cc4c3=O)cc2c1. The Morgan fingerprint density at radius 3 is 2.59 bits per heavy atom. The molecule has 0 radical (unpaired) electrons. The molecule has 0 N–H and O–H groups in total. The highest BCUT2D eigenvalue weighted by atomic mass is 79.9. The number of carbonyl (C=O) groups is 1. The molecule has 0 bridgehead atoms. The van der Waals surface area contributed by atoms with Gasteiger partial charge in [0.25, 0.3) is 5.56 Å². The van der Waals surface area contributed by atoms with Gasteiger partial charge in [0.05, 0.1) is 30.8 Å². The maximum absolute atomic E-state index is 12.6. The van der Waals surface area contributed by atoms with Crippen molar-refractivity contribution in [3.63, 3.8) is 0 Å². The molecule has 7 heteroatoms. The van der Waals surface area contributed by atoms with Gasteiger partial charge in [-0.15, -0.1) is 0 Å². The molecule has 0 aliphatic heterocycles. The molecule has 1 heterocycles. The minimum Gasteiger partial charge on any atom is -0.497 e. The number of hydrogen-bond donors (Lipinski definition) is 0. The molecule has 0 amide bonds. The van der Waals surface area contributed by atoms with E-state index >= 15 is 0 Å². The van der Waals surface area contributed by atoms with Crippen LogP contribution in [0.2, 0.25) is 0 Å². The number of ether oxygens (including phenoxy) is 2. The van der Waals surface area contributed by atoms with E-state index in [1.807, 2.05) is 30.3 Å². The summed E-state index contributed by atoms with van der Waals surface area (Å²) in [6.07, 6.45) is 1.51. The lowest BCUT2D eigenvalue weighted by molar-refractivity contribution is -0.134. The van der Waals surface area contributed by atoms with E-state index < -0.39 is 5.97 Å². The van der Waals surface area contributed by atoms with Gasteiger partial charge >= 0.3 is 5.97 Å². The smallest absolute Gasteiger partial charge is 0.312 e. The molecule has 3 aromatic carbocycles. The van der Waals surface area contributed by atoms with Gasteiger partial charge in [-0.2, -0.15) is 0 Å². The standard InChI is InChI=1S/C22H17BrN2O4/c1-28-17-5-2-14-3-6-18(11-15(14)10-17)29-21(26)8-9-25-13-24-20-7-4-16(23)12-19(20)22(25)27/h2-7,10-13H,8-9H2,1H3. The number of rotatable bonds is 5. The molecule has 29 heavy (non-hydrogen) atoms. The first-order valence-corrected chi connectivity index (χ1v) is 9.76. The molecule has 0 saturated carbocycles. The summed E-state index contributed by atoms with van der Waals surface area (Å²) in [5, 5.41) is 2.43. The van der Waals surface area contributed by atoms with Crippen LogP contribution in [0.1, 0.15) is 6.42 Å². The fraction of sp³-hybridized carbons (Fsp3) is 0.136. The summed E-state index contributed by atoms with van der Waals surface area (Å²) < 4.78 is 12.9. The number of benzene rings is 3. The number of hydrogen-bond acceptors (Lipinski definition) is 5. The lowest BCUT2D eigenvalue weighted by atomic mass is 10.1. The molecule has 4 rings (SSSR count). The van der Waals surface area contributed by atoms with Gasteiger partial charge in [0.1, 0.15) is 11.5 Å². The number of aromatic nitrogens is 2. The maximum atomic E-state index is 12.6. The van der Waals surface area contributed by atoms with Crippen LogP contribution in [0.25, 0.3) is 21.7 Å². The van der Waals surface area contributed by atoms with Gasteiger partial charge < -0.3 is 9.47 Å². The predicted octanol–water partition coefficient (Wildman–Crippen LogP) is 4.32. The highest BCUT2D eigenvalue weighted by molar-refractivity contribution is 9.10. The van der Waals surface area contributed by atoms with Crippen molar-refractivity contribution in [3.8, 4) is 11.5 Å². The molecule has 6 nitrogen and oxygen atoms in total. The Labute approximate surface area is 174 Å². The largest absolute Gasteiger partial charge is 0.497 e. The molecule has 0 saturated heterocycles. The highest BCUT2D eigenvalue weighted by Gasteiger charge is 2.10. The van der Waals surface area contributed by atoms with E-state index in [4.69, 9.17) is 9.47 Å². The van der Waals surface area contributed by atoms with Gasteiger partial charge in [-0.05, 0) is 53.2 Å². The summed E-state index contributed by atoms with van der Waals surface area (Å²) in [4.78, 5) is 29.2. The number of methoxy groups -OCH3 is 1. The second kappa shape index (κ2) is 8.05. The van der Waals surface area contributed by atoms with Crippen molar-refractivity contribution in [2.75, 3.05) is 7.11 Å². The fourth-order valence-electron chi connectivity index (χ4n) is 3.08. The van der Waals surface area contributed by atoms with Crippen molar-refractivity contribution in [3.05, 3.63) is 75.8 Å². The van der Waals surface area contributed by atoms with Gasteiger partial charge in [-0.3, -0.25) is 14.2 Å². The third-order valence-electron chi connectivity index (χ3n) is 4.59. The number of nitrogens with zero attached hydrogens (tertiary/aromatic N) is 2. The molecular formula is C22H17BrN2O4. The topological polar surface area (TPSA) is 70.4 Å². The lowest BCUT2D eigenvalue weighted by Gasteiger charge is -2.08. The van der Waals surface area contributed by atoms with Crippen LogP contribution in [0.15, 0.2) is 70.2 Å². The first-order chi connectivity index (χ1) is 14.0. The van der Waals surface area contributed by atoms with Gasteiger partial charge in [0, 0.05) is 11.0 Å². The summed E-state index contributed by atoms with van der Waals surface area (Å²) >= 11 is 3.36. The van der Waals surface area contributed by atoms with Gasteiger partial charge in [0.15, 0.2) is 0 Å². The van der Waals surface area contributed by atoms with Crippen molar-refractivity contribution >= 4 is 43.6 Å². The third-order valence-corrected chi connectivity index (χ3v) is 5.09. The Balaban J connectivity index is 1.48. The summed E-state index contributed by atoms with van der Waals surface area (Å²) in [6.45, 7) is 0.189. The van der Waals surface area contributed by atoms with Crippen molar-refractivity contribution in [1.29, 1.82) is 0 Å². The van der Waals surface area contributed by atoms with E-state index in [2.05, 4.69) is 20.9 Å². The van der Waals surface area contributed by atoms with Crippen LogP contribution in [-0.2, 0) is 11.3 Å². The lowest BCUT2D eigenvalue weighted by Crippen LogP contribution is -2.23.